The van der Waals surface area contributed by atoms with Crippen molar-refractivity contribution in [3.63, 3.8) is 0 Å². The Labute approximate surface area is 146 Å². The fraction of sp³-hybridized carbons (Fsp3) is 0.706. The molecule has 1 spiro atoms. The molecule has 2 saturated heterocycles. The van der Waals surface area contributed by atoms with E-state index in [1.165, 1.54) is 0 Å². The van der Waals surface area contributed by atoms with Crippen molar-refractivity contribution >= 4 is 23.3 Å². The maximum atomic E-state index is 13.0. The summed E-state index contributed by atoms with van der Waals surface area (Å²) in [6.45, 7) is 4.68. The Morgan fingerprint density at radius 3 is 2.96 bits per heavy atom. The van der Waals surface area contributed by atoms with Crippen LogP contribution in [-0.2, 0) is 11.3 Å². The van der Waals surface area contributed by atoms with Gasteiger partial charge in [0.05, 0.1) is 22.7 Å². The van der Waals surface area contributed by atoms with Crippen molar-refractivity contribution in [2.75, 3.05) is 19.6 Å². The van der Waals surface area contributed by atoms with Gasteiger partial charge < -0.3 is 15.1 Å². The van der Waals surface area contributed by atoms with E-state index < -0.39 is 0 Å². The normalized spacial score (nSPS) is 27.1. The van der Waals surface area contributed by atoms with Crippen LogP contribution in [0.3, 0.4) is 0 Å². The second kappa shape index (κ2) is 6.02. The third-order valence-electron chi connectivity index (χ3n) is 5.39. The van der Waals surface area contributed by atoms with Gasteiger partial charge in [0.2, 0.25) is 5.91 Å². The Morgan fingerprint density at radius 2 is 2.25 bits per heavy atom. The van der Waals surface area contributed by atoms with Gasteiger partial charge in [0, 0.05) is 31.1 Å². The van der Waals surface area contributed by atoms with E-state index in [2.05, 4.69) is 10.3 Å². The van der Waals surface area contributed by atoms with Crippen LogP contribution in [0.4, 0.5) is 4.79 Å². The van der Waals surface area contributed by atoms with Gasteiger partial charge in [-0.05, 0) is 39.0 Å². The Morgan fingerprint density at radius 1 is 1.42 bits per heavy atom. The maximum Gasteiger partial charge on any atom is 0.317 e. The molecule has 7 heteroatoms. The zero-order chi connectivity index (χ0) is 16.7. The average molecular weight is 348 g/mol. The molecule has 1 aromatic rings. The fourth-order valence-corrected chi connectivity index (χ4v) is 4.50. The van der Waals surface area contributed by atoms with E-state index in [4.69, 9.17) is 0 Å². The summed E-state index contributed by atoms with van der Waals surface area (Å²) in [6.07, 6.45) is 4.83. The highest BCUT2D eigenvalue weighted by molar-refractivity contribution is 7.09. The van der Waals surface area contributed by atoms with Gasteiger partial charge in [-0.3, -0.25) is 4.79 Å². The first-order valence-corrected chi connectivity index (χ1v) is 9.70. The van der Waals surface area contributed by atoms with E-state index in [1.807, 2.05) is 22.1 Å². The van der Waals surface area contributed by atoms with Crippen molar-refractivity contribution in [1.82, 2.24) is 20.1 Å². The Kier molecular flexibility index (Phi) is 3.98. The number of carbonyl (C=O) groups is 2. The molecular weight excluding hydrogens is 324 g/mol. The molecule has 1 saturated carbocycles. The summed E-state index contributed by atoms with van der Waals surface area (Å²) in [7, 11) is 0. The number of urea groups is 1. The molecule has 0 aromatic carbocycles. The van der Waals surface area contributed by atoms with Crippen molar-refractivity contribution in [3.8, 4) is 0 Å². The van der Waals surface area contributed by atoms with Gasteiger partial charge in [-0.1, -0.05) is 0 Å². The van der Waals surface area contributed by atoms with Gasteiger partial charge in [-0.25, -0.2) is 9.78 Å². The number of likely N-dealkylation sites (tertiary alicyclic amines) is 2. The quantitative estimate of drug-likeness (QED) is 0.910. The smallest absolute Gasteiger partial charge is 0.317 e. The third-order valence-corrected chi connectivity index (χ3v) is 6.21. The zero-order valence-corrected chi connectivity index (χ0v) is 14.9. The van der Waals surface area contributed by atoms with Crippen molar-refractivity contribution in [1.29, 1.82) is 0 Å². The Bertz CT molecular complexity index is 657. The summed E-state index contributed by atoms with van der Waals surface area (Å²) in [5.41, 5.74) is 0.603. The number of rotatable bonds is 3. The highest BCUT2D eigenvalue weighted by atomic mass is 32.1. The second-order valence-electron chi connectivity index (χ2n) is 7.36. The molecule has 3 heterocycles. The number of nitrogens with zero attached hydrogens (tertiary/aromatic N) is 3. The van der Waals surface area contributed by atoms with Gasteiger partial charge in [0.1, 0.15) is 0 Å². The highest BCUT2D eigenvalue weighted by Crippen LogP contribution is 2.40. The summed E-state index contributed by atoms with van der Waals surface area (Å²) in [6, 6.07) is 0.372. The summed E-state index contributed by atoms with van der Waals surface area (Å²) < 4.78 is 0. The lowest BCUT2D eigenvalue weighted by molar-refractivity contribution is -0.138. The van der Waals surface area contributed by atoms with Gasteiger partial charge in [0.15, 0.2) is 0 Å². The molecule has 4 rings (SSSR count). The van der Waals surface area contributed by atoms with E-state index in [0.717, 1.165) is 55.9 Å². The molecule has 3 aliphatic rings. The molecule has 1 aromatic heterocycles. The SMILES string of the molecule is Cc1nc(CN2CCC3(CCCN(C(=O)NC4CC4)C3)C2=O)cs1. The number of carbonyl (C=O) groups excluding carboxylic acids is 2. The first-order valence-electron chi connectivity index (χ1n) is 8.82. The number of hydrogen-bond acceptors (Lipinski definition) is 4. The van der Waals surface area contributed by atoms with Crippen LogP contribution < -0.4 is 5.32 Å². The minimum Gasteiger partial charge on any atom is -0.336 e. The predicted octanol–water partition coefficient (Wildman–Crippen LogP) is 2.14. The number of hydrogen-bond donors (Lipinski definition) is 1. The minimum absolute atomic E-state index is 0.0120. The van der Waals surface area contributed by atoms with Crippen LogP contribution in [-0.4, -0.2) is 52.4 Å². The lowest BCUT2D eigenvalue weighted by Crippen LogP contribution is -2.52. The van der Waals surface area contributed by atoms with Crippen LogP contribution in [0.15, 0.2) is 5.38 Å². The Balaban J connectivity index is 1.42. The third kappa shape index (κ3) is 3.01. The van der Waals surface area contributed by atoms with Crippen LogP contribution >= 0.6 is 11.3 Å². The number of nitrogens with one attached hydrogen (secondary N) is 1. The monoisotopic (exact) mass is 348 g/mol. The van der Waals surface area contributed by atoms with Crippen molar-refractivity contribution in [2.24, 2.45) is 5.41 Å². The van der Waals surface area contributed by atoms with Gasteiger partial charge in [-0.2, -0.15) is 0 Å². The maximum absolute atomic E-state index is 13.0. The molecule has 130 valence electrons. The van der Waals surface area contributed by atoms with Crippen molar-refractivity contribution in [2.45, 2.75) is 51.6 Å². The van der Waals surface area contributed by atoms with Crippen LogP contribution in [0.2, 0.25) is 0 Å². The van der Waals surface area contributed by atoms with E-state index in [-0.39, 0.29) is 17.4 Å². The minimum atomic E-state index is -0.371. The summed E-state index contributed by atoms with van der Waals surface area (Å²) in [5, 5.41) is 6.12. The molecule has 0 bridgehead atoms. The standard InChI is InChI=1S/C17H24N4O2S/c1-12-18-14(10-24-12)9-20-8-6-17(15(20)22)5-2-7-21(11-17)16(23)19-13-3-4-13/h10,13H,2-9,11H2,1H3,(H,19,23). The lowest BCUT2D eigenvalue weighted by atomic mass is 9.78. The molecule has 0 radical (unpaired) electrons. The number of aromatic nitrogens is 1. The van der Waals surface area contributed by atoms with Crippen LogP contribution in [0, 0.1) is 12.3 Å². The molecule has 2 aliphatic heterocycles. The zero-order valence-electron chi connectivity index (χ0n) is 14.1. The summed E-state index contributed by atoms with van der Waals surface area (Å²) >= 11 is 1.62. The molecule has 24 heavy (non-hydrogen) atoms. The molecule has 1 aliphatic carbocycles. The largest absolute Gasteiger partial charge is 0.336 e. The van der Waals surface area contributed by atoms with E-state index >= 15 is 0 Å². The van der Waals surface area contributed by atoms with Crippen molar-refractivity contribution in [3.05, 3.63) is 16.1 Å². The van der Waals surface area contributed by atoms with Crippen LogP contribution in [0.5, 0.6) is 0 Å². The summed E-state index contributed by atoms with van der Waals surface area (Å²) in [4.78, 5) is 33.7. The Hall–Kier alpha value is -1.63. The number of aryl methyl sites for hydroxylation is 1. The molecule has 3 fully saturated rings. The molecule has 1 N–H and O–H groups in total. The number of amides is 3. The van der Waals surface area contributed by atoms with E-state index in [1.54, 1.807) is 11.3 Å². The topological polar surface area (TPSA) is 65.5 Å². The first-order chi connectivity index (χ1) is 11.6. The molecular formula is C17H24N4O2S. The van der Waals surface area contributed by atoms with Gasteiger partial charge >= 0.3 is 6.03 Å². The lowest BCUT2D eigenvalue weighted by Gasteiger charge is -2.39. The van der Waals surface area contributed by atoms with Gasteiger partial charge in [0.25, 0.3) is 0 Å². The molecule has 3 amide bonds. The second-order valence-corrected chi connectivity index (χ2v) is 8.43. The number of piperidine rings is 1. The number of thiazole rings is 1. The molecule has 1 atom stereocenters. The predicted molar refractivity (Wildman–Crippen MR) is 91.7 cm³/mol. The molecule has 6 nitrogen and oxygen atoms in total. The summed E-state index contributed by atoms with van der Waals surface area (Å²) in [5.74, 6) is 0.206. The van der Waals surface area contributed by atoms with E-state index in [9.17, 15) is 9.59 Å². The first kappa shape index (κ1) is 15.9. The van der Waals surface area contributed by atoms with Gasteiger partial charge in [-0.15, -0.1) is 11.3 Å². The molecule has 1 unspecified atom stereocenters. The highest BCUT2D eigenvalue weighted by Gasteiger charge is 2.49. The van der Waals surface area contributed by atoms with Crippen molar-refractivity contribution < 1.29 is 9.59 Å². The van der Waals surface area contributed by atoms with Crippen LogP contribution in [0.25, 0.3) is 0 Å². The van der Waals surface area contributed by atoms with Crippen LogP contribution in [0.1, 0.15) is 42.8 Å². The van der Waals surface area contributed by atoms with E-state index in [0.29, 0.717) is 19.1 Å². The fourth-order valence-electron chi connectivity index (χ4n) is 3.90. The average Bonchev–Trinajstić information content (AvgIpc) is 3.23.